The van der Waals surface area contributed by atoms with E-state index in [0.29, 0.717) is 24.8 Å². The van der Waals surface area contributed by atoms with Gasteiger partial charge in [-0.2, -0.15) is 0 Å². The zero-order valence-corrected chi connectivity index (χ0v) is 14.2. The fraction of sp³-hybridized carbons (Fsp3) is 0.647. The molecule has 0 aromatic carbocycles. The summed E-state index contributed by atoms with van der Waals surface area (Å²) in [6.07, 6.45) is 6.10. The number of guanidine groups is 1. The molecule has 6 nitrogen and oxygen atoms in total. The molecule has 3 atom stereocenters. The van der Waals surface area contributed by atoms with Crippen LogP contribution < -0.4 is 15.5 Å². The Kier molecular flexibility index (Phi) is 5.00. The summed E-state index contributed by atoms with van der Waals surface area (Å²) >= 11 is 0. The number of nitrogens with zero attached hydrogens (tertiary/aromatic N) is 3. The maximum atomic E-state index is 5.91. The first-order valence-corrected chi connectivity index (χ1v) is 8.48. The molecule has 6 heteroatoms. The van der Waals surface area contributed by atoms with Crippen molar-refractivity contribution in [3.8, 4) is 0 Å². The average molecular weight is 317 g/mol. The molecule has 1 aromatic heterocycles. The first kappa shape index (κ1) is 16.1. The fourth-order valence-corrected chi connectivity index (χ4v) is 3.26. The number of anilines is 1. The van der Waals surface area contributed by atoms with E-state index in [9.17, 15) is 0 Å². The van der Waals surface area contributed by atoms with Crippen molar-refractivity contribution in [2.75, 3.05) is 25.5 Å². The molecule has 3 rings (SSSR count). The van der Waals surface area contributed by atoms with Gasteiger partial charge in [0, 0.05) is 26.8 Å². The van der Waals surface area contributed by atoms with Gasteiger partial charge in [-0.15, -0.1) is 0 Å². The number of hydrogen-bond donors (Lipinski definition) is 2. The van der Waals surface area contributed by atoms with E-state index < -0.39 is 0 Å². The van der Waals surface area contributed by atoms with Gasteiger partial charge in [-0.3, -0.25) is 0 Å². The predicted octanol–water partition coefficient (Wildman–Crippen LogP) is 1.52. The summed E-state index contributed by atoms with van der Waals surface area (Å²) in [5.41, 5.74) is 1.16. The molecule has 2 aliphatic heterocycles. The van der Waals surface area contributed by atoms with Crippen LogP contribution in [0, 0.1) is 0 Å². The number of aliphatic imine (C=N–C) groups is 1. The van der Waals surface area contributed by atoms with Gasteiger partial charge in [-0.1, -0.05) is 0 Å². The Hall–Kier alpha value is -1.82. The lowest BCUT2D eigenvalue weighted by Crippen LogP contribution is -2.47. The van der Waals surface area contributed by atoms with Crippen LogP contribution in [0.5, 0.6) is 0 Å². The van der Waals surface area contributed by atoms with Crippen LogP contribution in [-0.2, 0) is 11.3 Å². The van der Waals surface area contributed by atoms with Crippen molar-refractivity contribution < 1.29 is 4.74 Å². The van der Waals surface area contributed by atoms with E-state index in [2.05, 4.69) is 28.6 Å². The quantitative estimate of drug-likeness (QED) is 0.637. The Morgan fingerprint density at radius 3 is 2.96 bits per heavy atom. The van der Waals surface area contributed by atoms with Gasteiger partial charge in [-0.05, 0) is 43.9 Å². The van der Waals surface area contributed by atoms with Crippen molar-refractivity contribution in [3.05, 3.63) is 23.9 Å². The fourth-order valence-electron chi connectivity index (χ4n) is 3.26. The smallest absolute Gasteiger partial charge is 0.191 e. The standard InChI is InChI=1S/C17H27N5O/c1-4-18-17(21-14-10-13-5-6-15(14)23-13)20-11-12-7-8-19-16(9-12)22(2)3/h7-9,13-15H,4-6,10-11H2,1-3H3,(H2,18,20,21). The van der Waals surface area contributed by atoms with E-state index in [-0.39, 0.29) is 0 Å². The van der Waals surface area contributed by atoms with Gasteiger partial charge in [0.2, 0.25) is 0 Å². The van der Waals surface area contributed by atoms with E-state index >= 15 is 0 Å². The minimum absolute atomic E-state index is 0.352. The molecule has 2 fully saturated rings. The van der Waals surface area contributed by atoms with Crippen molar-refractivity contribution in [3.63, 3.8) is 0 Å². The Morgan fingerprint density at radius 2 is 2.30 bits per heavy atom. The SMILES string of the molecule is CCNC(=NCc1ccnc(N(C)C)c1)NC1CC2CCC1O2. The van der Waals surface area contributed by atoms with E-state index in [4.69, 9.17) is 9.73 Å². The minimum atomic E-state index is 0.352. The van der Waals surface area contributed by atoms with Gasteiger partial charge < -0.3 is 20.3 Å². The second-order valence-corrected chi connectivity index (χ2v) is 6.47. The zero-order valence-electron chi connectivity index (χ0n) is 14.2. The van der Waals surface area contributed by atoms with Crippen molar-refractivity contribution in [2.24, 2.45) is 4.99 Å². The molecule has 0 saturated carbocycles. The summed E-state index contributed by atoms with van der Waals surface area (Å²) in [4.78, 5) is 11.1. The molecular formula is C17H27N5O. The molecule has 23 heavy (non-hydrogen) atoms. The van der Waals surface area contributed by atoms with E-state index in [1.807, 2.05) is 31.3 Å². The number of nitrogens with one attached hydrogen (secondary N) is 2. The molecule has 126 valence electrons. The third-order valence-corrected chi connectivity index (χ3v) is 4.46. The Balaban J connectivity index is 1.63. The van der Waals surface area contributed by atoms with Gasteiger partial charge in [0.05, 0.1) is 24.8 Å². The molecule has 0 spiro atoms. The zero-order chi connectivity index (χ0) is 16.2. The topological polar surface area (TPSA) is 61.8 Å². The number of rotatable bonds is 5. The lowest BCUT2D eigenvalue weighted by Gasteiger charge is -2.22. The minimum Gasteiger partial charge on any atom is -0.373 e. The number of pyridine rings is 1. The van der Waals surface area contributed by atoms with Gasteiger partial charge in [0.15, 0.2) is 5.96 Å². The third-order valence-electron chi connectivity index (χ3n) is 4.46. The van der Waals surface area contributed by atoms with Crippen LogP contribution in [0.3, 0.4) is 0 Å². The van der Waals surface area contributed by atoms with Crippen LogP contribution in [0.4, 0.5) is 5.82 Å². The van der Waals surface area contributed by atoms with Gasteiger partial charge in [0.1, 0.15) is 5.82 Å². The molecule has 2 bridgehead atoms. The highest BCUT2D eigenvalue weighted by Crippen LogP contribution is 2.34. The van der Waals surface area contributed by atoms with Crippen molar-refractivity contribution in [1.29, 1.82) is 0 Å². The molecule has 0 amide bonds. The van der Waals surface area contributed by atoms with Crippen LogP contribution >= 0.6 is 0 Å². The summed E-state index contributed by atoms with van der Waals surface area (Å²) in [6.45, 7) is 3.58. The van der Waals surface area contributed by atoms with Crippen LogP contribution in [0.1, 0.15) is 31.7 Å². The monoisotopic (exact) mass is 317 g/mol. The molecule has 2 saturated heterocycles. The highest BCUT2D eigenvalue weighted by molar-refractivity contribution is 5.80. The maximum absolute atomic E-state index is 5.91. The molecule has 0 radical (unpaired) electrons. The van der Waals surface area contributed by atoms with Crippen molar-refractivity contribution in [1.82, 2.24) is 15.6 Å². The van der Waals surface area contributed by atoms with Crippen LogP contribution in [0.25, 0.3) is 0 Å². The van der Waals surface area contributed by atoms with Crippen LogP contribution in [-0.4, -0.2) is 49.8 Å². The van der Waals surface area contributed by atoms with Gasteiger partial charge >= 0.3 is 0 Å². The van der Waals surface area contributed by atoms with Crippen molar-refractivity contribution in [2.45, 2.75) is 51.0 Å². The van der Waals surface area contributed by atoms with E-state index in [1.54, 1.807) is 0 Å². The first-order valence-electron chi connectivity index (χ1n) is 8.48. The number of hydrogen-bond acceptors (Lipinski definition) is 4. The largest absolute Gasteiger partial charge is 0.373 e. The molecule has 3 unspecified atom stereocenters. The highest BCUT2D eigenvalue weighted by Gasteiger charge is 2.41. The summed E-state index contributed by atoms with van der Waals surface area (Å²) in [5.74, 6) is 1.83. The van der Waals surface area contributed by atoms with E-state index in [1.165, 1.54) is 6.42 Å². The second kappa shape index (κ2) is 7.17. The number of fused-ring (bicyclic) bond motifs is 2. The second-order valence-electron chi connectivity index (χ2n) is 6.47. The lowest BCUT2D eigenvalue weighted by atomic mass is 9.96. The van der Waals surface area contributed by atoms with Crippen LogP contribution in [0.2, 0.25) is 0 Å². The molecule has 2 aliphatic rings. The summed E-state index contributed by atoms with van der Waals surface area (Å²) in [6, 6.07) is 4.48. The Bertz CT molecular complexity index is 560. The predicted molar refractivity (Wildman–Crippen MR) is 92.8 cm³/mol. The summed E-state index contributed by atoms with van der Waals surface area (Å²) in [7, 11) is 3.99. The molecule has 3 heterocycles. The highest BCUT2D eigenvalue weighted by atomic mass is 16.5. The van der Waals surface area contributed by atoms with Crippen molar-refractivity contribution >= 4 is 11.8 Å². The summed E-state index contributed by atoms with van der Waals surface area (Å²) in [5, 5.41) is 6.88. The summed E-state index contributed by atoms with van der Waals surface area (Å²) < 4.78 is 5.91. The van der Waals surface area contributed by atoms with Gasteiger partial charge in [-0.25, -0.2) is 9.98 Å². The normalized spacial score (nSPS) is 26.4. The first-order chi connectivity index (χ1) is 11.2. The van der Waals surface area contributed by atoms with Gasteiger partial charge in [0.25, 0.3) is 0 Å². The Morgan fingerprint density at radius 1 is 1.43 bits per heavy atom. The Labute approximate surface area is 138 Å². The number of aromatic nitrogens is 1. The molecular weight excluding hydrogens is 290 g/mol. The molecule has 0 aliphatic carbocycles. The molecule has 1 aromatic rings. The lowest BCUT2D eigenvalue weighted by molar-refractivity contribution is 0.0992. The average Bonchev–Trinajstić information content (AvgIpc) is 3.16. The van der Waals surface area contributed by atoms with Crippen LogP contribution in [0.15, 0.2) is 23.3 Å². The third kappa shape index (κ3) is 3.93. The van der Waals surface area contributed by atoms with E-state index in [0.717, 1.165) is 36.7 Å². The maximum Gasteiger partial charge on any atom is 0.191 e. The molecule has 2 N–H and O–H groups in total. The number of ether oxygens (including phenoxy) is 1.